The molecule has 173 valence electrons. The first-order valence-corrected chi connectivity index (χ1v) is 16.0. The number of halogens is 2. The van der Waals surface area contributed by atoms with Crippen molar-refractivity contribution in [1.29, 1.82) is 0 Å². The maximum absolute atomic E-state index is 4.62. The fraction of sp³-hybridized carbons (Fsp3) is 0.276. The van der Waals surface area contributed by atoms with Gasteiger partial charge in [-0.05, 0) is 35.9 Å². The van der Waals surface area contributed by atoms with Crippen molar-refractivity contribution in [2.75, 3.05) is 0 Å². The molecule has 1 nitrogen and oxygen atoms in total. The molecule has 5 aliphatic rings. The van der Waals surface area contributed by atoms with Gasteiger partial charge in [-0.1, -0.05) is 13.1 Å². The van der Waals surface area contributed by atoms with Crippen LogP contribution in [0, 0.1) is 0 Å². The van der Waals surface area contributed by atoms with Crippen molar-refractivity contribution in [2.45, 2.75) is 50.8 Å². The predicted molar refractivity (Wildman–Crippen MR) is 136 cm³/mol. The van der Waals surface area contributed by atoms with Crippen molar-refractivity contribution < 1.29 is 49.5 Å². The van der Waals surface area contributed by atoms with E-state index in [2.05, 4.69) is 100 Å². The average molecular weight is 583 g/mol. The molecule has 0 N–H and O–H groups in total. The number of aliphatic imine (C=N–C) groups is 1. The molecule has 1 atom stereocenters. The van der Waals surface area contributed by atoms with Crippen LogP contribution < -0.4 is 24.8 Å². The van der Waals surface area contributed by atoms with Gasteiger partial charge in [-0.25, -0.2) is 0 Å². The molecular weight excluding hydrogens is 553 g/mol. The van der Waals surface area contributed by atoms with Gasteiger partial charge in [-0.15, -0.1) is 0 Å². The molecule has 3 heterocycles. The first-order valence-electron chi connectivity index (χ1n) is 11.6. The second-order valence-electron chi connectivity index (χ2n) is 9.84. The smallest absolute Gasteiger partial charge is 1.00 e. The van der Waals surface area contributed by atoms with Gasteiger partial charge in [0.15, 0.2) is 0 Å². The Labute approximate surface area is 232 Å². The molecule has 0 fully saturated rings. The average Bonchev–Trinajstić information content (AvgIpc) is 3.42. The molecule has 2 aromatic rings. The number of aryl methyl sites for hydroxylation is 1. The number of hydrogen-bond donors (Lipinski definition) is 0. The second kappa shape index (κ2) is 10.0. The van der Waals surface area contributed by atoms with E-state index in [0.29, 0.717) is 3.63 Å². The van der Waals surface area contributed by atoms with Crippen molar-refractivity contribution >= 4 is 19.9 Å². The summed E-state index contributed by atoms with van der Waals surface area (Å²) in [5.41, 5.74) is 14.1. The van der Waals surface area contributed by atoms with Gasteiger partial charge in [0.1, 0.15) is 8.07 Å². The molecule has 0 radical (unpaired) electrons. The molecule has 5 heteroatoms. The van der Waals surface area contributed by atoms with E-state index in [1.165, 1.54) is 55.9 Å². The van der Waals surface area contributed by atoms with Gasteiger partial charge in [0, 0.05) is 11.3 Å². The van der Waals surface area contributed by atoms with E-state index < -0.39 is 8.07 Å². The van der Waals surface area contributed by atoms with E-state index in [4.69, 9.17) is 0 Å². The van der Waals surface area contributed by atoms with E-state index in [9.17, 15) is 0 Å². The quantitative estimate of drug-likeness (QED) is 0.479. The topological polar surface area (TPSA) is 12.4 Å². The SMILES string of the molecule is CC1=CC2=C3C(C)=C(C2=N1)[Si]3(C)C.CCc1ccc(-c2cccc3c2C=C(C)[CH]3[Zr+2])cc1.[Cl-].[Cl-]. The molecule has 2 aromatic carbocycles. The Balaban J connectivity index is 0.000000190. The van der Waals surface area contributed by atoms with Crippen LogP contribution in [0.15, 0.2) is 86.3 Å². The van der Waals surface area contributed by atoms with Crippen molar-refractivity contribution in [3.8, 4) is 11.1 Å². The van der Waals surface area contributed by atoms with Crippen molar-refractivity contribution in [2.24, 2.45) is 4.99 Å². The van der Waals surface area contributed by atoms with Gasteiger partial charge in [0.25, 0.3) is 0 Å². The van der Waals surface area contributed by atoms with Gasteiger partial charge < -0.3 is 24.8 Å². The van der Waals surface area contributed by atoms with Crippen LogP contribution in [0.1, 0.15) is 48.0 Å². The number of fused-ring (bicyclic) bond motifs is 1. The summed E-state index contributed by atoms with van der Waals surface area (Å²) in [7, 11) is -1.15. The third kappa shape index (κ3) is 4.17. The van der Waals surface area contributed by atoms with E-state index >= 15 is 0 Å². The van der Waals surface area contributed by atoms with Gasteiger partial charge in [-0.2, -0.15) is 0 Å². The predicted octanol–water partition coefficient (Wildman–Crippen LogP) is 1.70. The molecule has 2 aliphatic carbocycles. The van der Waals surface area contributed by atoms with Crippen molar-refractivity contribution in [3.05, 3.63) is 98.0 Å². The third-order valence-corrected chi connectivity index (χ3v) is 13.0. The first-order chi connectivity index (χ1) is 15.2. The van der Waals surface area contributed by atoms with Gasteiger partial charge >= 0.3 is 131 Å². The fourth-order valence-corrected chi connectivity index (χ4v) is 10.4. The summed E-state index contributed by atoms with van der Waals surface area (Å²) in [6.45, 7) is 13.7. The third-order valence-electron chi connectivity index (χ3n) is 7.35. The van der Waals surface area contributed by atoms with Crippen molar-refractivity contribution in [3.63, 3.8) is 0 Å². The Hall–Kier alpha value is -1.25. The zero-order valence-corrected chi connectivity index (χ0v) is 25.7. The van der Waals surface area contributed by atoms with Gasteiger partial charge in [0.2, 0.25) is 0 Å². The van der Waals surface area contributed by atoms with Crippen molar-refractivity contribution in [1.82, 2.24) is 0 Å². The summed E-state index contributed by atoms with van der Waals surface area (Å²) < 4.78 is 0.650. The van der Waals surface area contributed by atoms with Crippen LogP contribution in [-0.2, 0) is 31.1 Å². The zero-order valence-electron chi connectivity index (χ0n) is 20.7. The number of benzene rings is 2. The molecule has 2 bridgehead atoms. The summed E-state index contributed by atoms with van der Waals surface area (Å²) in [5, 5.41) is 3.28. The van der Waals surface area contributed by atoms with Gasteiger partial charge in [-0.3, -0.25) is 4.99 Å². The van der Waals surface area contributed by atoms with Crippen LogP contribution in [-0.4, -0.2) is 13.8 Å². The molecule has 0 aromatic heterocycles. The van der Waals surface area contributed by atoms with Crippen LogP contribution in [0.2, 0.25) is 13.1 Å². The van der Waals surface area contributed by atoms with E-state index in [0.717, 1.165) is 6.42 Å². The Bertz CT molecular complexity index is 1310. The van der Waals surface area contributed by atoms with Crippen LogP contribution in [0.3, 0.4) is 0 Å². The first kappa shape index (κ1) is 27.3. The minimum absolute atomic E-state index is 0. The monoisotopic (exact) mass is 580 g/mol. The maximum atomic E-state index is 4.62. The van der Waals surface area contributed by atoms with Crippen LogP contribution in [0.25, 0.3) is 17.2 Å². The normalized spacial score (nSPS) is 20.1. The summed E-state index contributed by atoms with van der Waals surface area (Å²) >= 11 is 1.59. The van der Waals surface area contributed by atoms with Gasteiger partial charge in [0.05, 0.1) is 5.71 Å². The summed E-state index contributed by atoms with van der Waals surface area (Å²) in [6.07, 6.45) is 5.73. The van der Waals surface area contributed by atoms with Crippen LogP contribution in [0.4, 0.5) is 0 Å². The molecule has 3 aliphatic heterocycles. The summed E-state index contributed by atoms with van der Waals surface area (Å²) in [4.78, 5) is 4.62. The number of hydrogen-bond acceptors (Lipinski definition) is 1. The van der Waals surface area contributed by atoms with E-state index in [1.807, 2.05) is 0 Å². The minimum atomic E-state index is -1.15. The molecular formula is C29H30Cl2NSiZr. The summed E-state index contributed by atoms with van der Waals surface area (Å²) in [6, 6.07) is 15.7. The largest absolute Gasteiger partial charge is 1.00 e. The Morgan fingerprint density at radius 3 is 2.18 bits per heavy atom. The van der Waals surface area contributed by atoms with E-state index in [1.54, 1.807) is 35.1 Å². The number of rotatable bonds is 2. The van der Waals surface area contributed by atoms with E-state index in [-0.39, 0.29) is 24.8 Å². The molecule has 0 saturated heterocycles. The molecule has 0 saturated carbocycles. The Kier molecular flexibility index (Phi) is 8.05. The Morgan fingerprint density at radius 2 is 1.59 bits per heavy atom. The number of nitrogens with zero attached hydrogens (tertiary/aromatic N) is 1. The van der Waals surface area contributed by atoms with Crippen LogP contribution >= 0.6 is 0 Å². The number of allylic oxidation sites excluding steroid dienone is 7. The zero-order chi connectivity index (χ0) is 22.8. The fourth-order valence-electron chi connectivity index (χ4n) is 5.79. The molecule has 0 spiro atoms. The molecule has 0 amide bonds. The van der Waals surface area contributed by atoms with Crippen LogP contribution in [0.5, 0.6) is 0 Å². The molecule has 7 rings (SSSR count). The second-order valence-corrected chi connectivity index (χ2v) is 15.5. The summed E-state index contributed by atoms with van der Waals surface area (Å²) in [5.74, 6) is 0. The molecule has 1 unspecified atom stereocenters. The standard InChI is InChI=1S/C18H17.C11H13NSi.2ClH.Zr/c1-3-14-7-9-15(10-8-14)17-6-4-5-16-11-13(2)12-18(16)17;1-6-5-8-9(12-6)11-7(2)10(8)13(11,3)4;;;/h4-12H,3H2,1-2H3;5H,1-4H3;2*1H;/q;;;;+2/p-2. The Morgan fingerprint density at radius 1 is 0.912 bits per heavy atom. The maximum Gasteiger partial charge on any atom is -1.00 e. The minimum Gasteiger partial charge on any atom is -1.00 e. The molecule has 34 heavy (non-hydrogen) atoms.